The summed E-state index contributed by atoms with van der Waals surface area (Å²) in [5.41, 5.74) is 1.50. The van der Waals surface area contributed by atoms with E-state index in [1.807, 2.05) is 0 Å². The molecule has 33 heavy (non-hydrogen) atoms. The Hall–Kier alpha value is -2.98. The van der Waals surface area contributed by atoms with E-state index < -0.39 is 26.9 Å². The smallest absolute Gasteiger partial charge is 0.269 e. The van der Waals surface area contributed by atoms with E-state index in [2.05, 4.69) is 10.2 Å². The van der Waals surface area contributed by atoms with Gasteiger partial charge in [-0.2, -0.15) is 4.31 Å². The maximum atomic E-state index is 13.3. The number of carbonyl (C=O) groups is 1. The van der Waals surface area contributed by atoms with Crippen molar-refractivity contribution in [3.05, 3.63) is 63.7 Å². The first-order valence-electron chi connectivity index (χ1n) is 11.1. The van der Waals surface area contributed by atoms with E-state index in [9.17, 15) is 23.3 Å². The van der Waals surface area contributed by atoms with E-state index in [4.69, 9.17) is 0 Å². The average Bonchev–Trinajstić information content (AvgIpc) is 3.34. The SMILES string of the molecule is CCN(CC)S(=O)(=O)c1ccc(N2CCCC2)c(C(=O)NC(C)c2cccc([N+](=O)[O-])c2)c1. The van der Waals surface area contributed by atoms with Crippen LogP contribution in [0.4, 0.5) is 11.4 Å². The highest BCUT2D eigenvalue weighted by molar-refractivity contribution is 7.89. The Morgan fingerprint density at radius 1 is 1.15 bits per heavy atom. The number of hydrogen-bond acceptors (Lipinski definition) is 6. The zero-order valence-corrected chi connectivity index (χ0v) is 20.0. The number of rotatable bonds is 9. The van der Waals surface area contributed by atoms with Crippen molar-refractivity contribution in [2.24, 2.45) is 0 Å². The van der Waals surface area contributed by atoms with Gasteiger partial charge in [0, 0.05) is 44.0 Å². The second-order valence-corrected chi connectivity index (χ2v) is 9.95. The van der Waals surface area contributed by atoms with Crippen LogP contribution in [0.3, 0.4) is 0 Å². The molecule has 1 N–H and O–H groups in total. The van der Waals surface area contributed by atoms with Gasteiger partial charge in [-0.1, -0.05) is 26.0 Å². The molecule has 1 amide bonds. The number of amides is 1. The van der Waals surface area contributed by atoms with Crippen LogP contribution < -0.4 is 10.2 Å². The van der Waals surface area contributed by atoms with Crippen LogP contribution in [-0.4, -0.2) is 49.7 Å². The maximum absolute atomic E-state index is 13.3. The minimum absolute atomic E-state index is 0.0568. The van der Waals surface area contributed by atoms with Crippen LogP contribution in [0.2, 0.25) is 0 Å². The Balaban J connectivity index is 1.97. The van der Waals surface area contributed by atoms with Gasteiger partial charge in [0.2, 0.25) is 10.0 Å². The van der Waals surface area contributed by atoms with Gasteiger partial charge in [0.25, 0.3) is 11.6 Å². The van der Waals surface area contributed by atoms with Crippen molar-refractivity contribution in [1.82, 2.24) is 9.62 Å². The summed E-state index contributed by atoms with van der Waals surface area (Å²) in [6.07, 6.45) is 2.01. The fraction of sp³-hybridized carbons (Fsp3) is 0.435. The highest BCUT2D eigenvalue weighted by Gasteiger charge is 2.27. The van der Waals surface area contributed by atoms with Crippen molar-refractivity contribution in [2.75, 3.05) is 31.1 Å². The number of nitro benzene ring substituents is 1. The molecular weight excluding hydrogens is 444 g/mol. The van der Waals surface area contributed by atoms with E-state index >= 15 is 0 Å². The molecule has 1 unspecified atom stereocenters. The summed E-state index contributed by atoms with van der Waals surface area (Å²) < 4.78 is 27.5. The van der Waals surface area contributed by atoms with Crippen LogP contribution in [0.1, 0.15) is 55.6 Å². The standard InChI is InChI=1S/C23H30N4O5S/c1-4-26(5-2)33(31,32)20-11-12-22(25-13-6-7-14-25)21(16-20)23(28)24-17(3)18-9-8-10-19(15-18)27(29)30/h8-12,15-17H,4-7,13-14H2,1-3H3,(H,24,28). The molecule has 1 aliphatic rings. The zero-order valence-electron chi connectivity index (χ0n) is 19.2. The van der Waals surface area contributed by atoms with Crippen LogP contribution >= 0.6 is 0 Å². The van der Waals surface area contributed by atoms with Gasteiger partial charge >= 0.3 is 0 Å². The molecule has 0 bridgehead atoms. The number of nitrogens with zero attached hydrogens (tertiary/aromatic N) is 3. The van der Waals surface area contributed by atoms with Gasteiger partial charge in [0.05, 0.1) is 21.4 Å². The van der Waals surface area contributed by atoms with Crippen LogP contribution in [0.25, 0.3) is 0 Å². The first kappa shape index (κ1) is 24.7. The predicted octanol–water partition coefficient (Wildman–Crippen LogP) is 3.72. The fourth-order valence-corrected chi connectivity index (χ4v) is 5.55. The van der Waals surface area contributed by atoms with E-state index in [-0.39, 0.29) is 16.1 Å². The van der Waals surface area contributed by atoms with E-state index in [1.165, 1.54) is 22.5 Å². The lowest BCUT2D eigenvalue weighted by Crippen LogP contribution is -2.32. The van der Waals surface area contributed by atoms with Gasteiger partial charge in [-0.15, -0.1) is 0 Å². The lowest BCUT2D eigenvalue weighted by molar-refractivity contribution is -0.384. The van der Waals surface area contributed by atoms with E-state index in [0.717, 1.165) is 25.9 Å². The molecule has 9 nitrogen and oxygen atoms in total. The molecule has 2 aromatic rings. The third kappa shape index (κ3) is 5.33. The summed E-state index contributed by atoms with van der Waals surface area (Å²) in [6, 6.07) is 10.3. The number of sulfonamides is 1. The Bertz CT molecular complexity index is 1130. The number of non-ortho nitro benzene ring substituents is 1. The van der Waals surface area contributed by atoms with Crippen molar-refractivity contribution in [3.63, 3.8) is 0 Å². The van der Waals surface area contributed by atoms with Crippen molar-refractivity contribution in [3.8, 4) is 0 Å². The van der Waals surface area contributed by atoms with Crippen molar-refractivity contribution in [1.29, 1.82) is 0 Å². The minimum atomic E-state index is -3.73. The molecule has 1 atom stereocenters. The van der Waals surface area contributed by atoms with Gasteiger partial charge in [-0.3, -0.25) is 14.9 Å². The van der Waals surface area contributed by atoms with Crippen LogP contribution in [0.5, 0.6) is 0 Å². The number of benzene rings is 2. The predicted molar refractivity (Wildman–Crippen MR) is 127 cm³/mol. The summed E-state index contributed by atoms with van der Waals surface area (Å²) in [5, 5.41) is 14.0. The second-order valence-electron chi connectivity index (χ2n) is 8.01. The summed E-state index contributed by atoms with van der Waals surface area (Å²) in [6.45, 7) is 7.53. The average molecular weight is 475 g/mol. The highest BCUT2D eigenvalue weighted by Crippen LogP contribution is 2.29. The molecule has 10 heteroatoms. The molecule has 0 radical (unpaired) electrons. The van der Waals surface area contributed by atoms with Crippen molar-refractivity contribution >= 4 is 27.3 Å². The van der Waals surface area contributed by atoms with Gasteiger partial charge < -0.3 is 10.2 Å². The van der Waals surface area contributed by atoms with Crippen LogP contribution in [0.15, 0.2) is 47.4 Å². The Kier molecular flexibility index (Phi) is 7.70. The molecule has 2 aromatic carbocycles. The molecule has 3 rings (SSSR count). The molecule has 1 heterocycles. The zero-order chi connectivity index (χ0) is 24.2. The lowest BCUT2D eigenvalue weighted by Gasteiger charge is -2.24. The third-order valence-corrected chi connectivity index (χ3v) is 7.98. The highest BCUT2D eigenvalue weighted by atomic mass is 32.2. The Labute approximate surface area is 194 Å². The molecule has 1 fully saturated rings. The molecule has 178 valence electrons. The van der Waals surface area contributed by atoms with E-state index in [0.29, 0.717) is 24.3 Å². The van der Waals surface area contributed by atoms with Crippen molar-refractivity contribution < 1.29 is 18.1 Å². The largest absolute Gasteiger partial charge is 0.371 e. The van der Waals surface area contributed by atoms with E-state index in [1.54, 1.807) is 45.0 Å². The summed E-state index contributed by atoms with van der Waals surface area (Å²) in [5.74, 6) is -0.424. The van der Waals surface area contributed by atoms with Crippen LogP contribution in [-0.2, 0) is 10.0 Å². The monoisotopic (exact) mass is 474 g/mol. The van der Waals surface area contributed by atoms with Gasteiger partial charge in [0.1, 0.15) is 0 Å². The summed E-state index contributed by atoms with van der Waals surface area (Å²) >= 11 is 0. The lowest BCUT2D eigenvalue weighted by atomic mass is 10.1. The first-order valence-corrected chi connectivity index (χ1v) is 12.6. The number of nitro groups is 1. The maximum Gasteiger partial charge on any atom is 0.269 e. The molecule has 1 saturated heterocycles. The molecule has 0 aliphatic carbocycles. The molecular formula is C23H30N4O5S. The third-order valence-electron chi connectivity index (χ3n) is 5.93. The normalized spacial score (nSPS) is 15.0. The summed E-state index contributed by atoms with van der Waals surface area (Å²) in [7, 11) is -3.73. The quantitative estimate of drug-likeness (QED) is 0.438. The van der Waals surface area contributed by atoms with Crippen molar-refractivity contribution in [2.45, 2.75) is 44.6 Å². The fourth-order valence-electron chi connectivity index (χ4n) is 4.07. The molecule has 0 spiro atoms. The van der Waals surface area contributed by atoms with Gasteiger partial charge in [-0.25, -0.2) is 8.42 Å². The number of nitrogens with one attached hydrogen (secondary N) is 1. The minimum Gasteiger partial charge on any atom is -0.371 e. The summed E-state index contributed by atoms with van der Waals surface area (Å²) in [4.78, 5) is 26.1. The Morgan fingerprint density at radius 2 is 1.82 bits per heavy atom. The molecule has 0 aromatic heterocycles. The number of anilines is 1. The Morgan fingerprint density at radius 3 is 2.42 bits per heavy atom. The van der Waals surface area contributed by atoms with Crippen LogP contribution in [0, 0.1) is 10.1 Å². The molecule has 0 saturated carbocycles. The van der Waals surface area contributed by atoms with Gasteiger partial charge in [0.15, 0.2) is 0 Å². The first-order chi connectivity index (χ1) is 15.7. The second kappa shape index (κ2) is 10.3. The topological polar surface area (TPSA) is 113 Å². The molecule has 1 aliphatic heterocycles. The number of hydrogen-bond donors (Lipinski definition) is 1. The number of carbonyl (C=O) groups excluding carboxylic acids is 1. The van der Waals surface area contributed by atoms with Gasteiger partial charge in [-0.05, 0) is 43.5 Å².